The van der Waals surface area contributed by atoms with E-state index in [1.54, 1.807) is 29.2 Å². The first-order valence-electron chi connectivity index (χ1n) is 9.15. The number of rotatable bonds is 8. The van der Waals surface area contributed by atoms with Crippen LogP contribution in [0, 0.1) is 0 Å². The van der Waals surface area contributed by atoms with Crippen LogP contribution in [0.3, 0.4) is 0 Å². The highest BCUT2D eigenvalue weighted by Gasteiger charge is 2.35. The lowest BCUT2D eigenvalue weighted by atomic mass is 10.1. The highest BCUT2D eigenvalue weighted by Crippen LogP contribution is 2.36. The van der Waals surface area contributed by atoms with Crippen molar-refractivity contribution in [1.82, 2.24) is 4.90 Å². The van der Waals surface area contributed by atoms with E-state index in [1.165, 1.54) is 11.8 Å². The Bertz CT molecular complexity index is 802. The molecule has 1 aliphatic rings. The van der Waals surface area contributed by atoms with Gasteiger partial charge in [-0.05, 0) is 70.2 Å². The normalized spacial score (nSPS) is 17.2. The van der Waals surface area contributed by atoms with Gasteiger partial charge in [0.2, 0.25) is 0 Å². The predicted molar refractivity (Wildman–Crippen MR) is 111 cm³/mol. The van der Waals surface area contributed by atoms with Crippen LogP contribution in [0.5, 0.6) is 11.5 Å². The maximum Gasteiger partial charge on any atom is 0.341 e. The number of aliphatic carboxylic acids is 1. The Morgan fingerprint density at radius 1 is 1.25 bits per heavy atom. The largest absolute Gasteiger partial charge is 0.490 e. The third-order valence-electron chi connectivity index (χ3n) is 3.64. The van der Waals surface area contributed by atoms with Gasteiger partial charge < -0.3 is 14.6 Å². The first kappa shape index (κ1) is 21.8. The molecule has 0 aliphatic carbocycles. The number of thioether (sulfide) groups is 1. The number of carbonyl (C=O) groups excluding carboxylic acids is 1. The van der Waals surface area contributed by atoms with Crippen LogP contribution in [0.25, 0.3) is 6.08 Å². The molecule has 0 atom stereocenters. The number of carbonyl (C=O) groups is 2. The molecule has 1 amide bonds. The zero-order valence-corrected chi connectivity index (χ0v) is 17.6. The Labute approximate surface area is 169 Å². The molecule has 0 bridgehead atoms. The summed E-state index contributed by atoms with van der Waals surface area (Å²) in [6.07, 6.45) is 1.79. The number of amidine groups is 1. The van der Waals surface area contributed by atoms with Crippen LogP contribution in [0.4, 0.5) is 0 Å². The van der Waals surface area contributed by atoms with Crippen molar-refractivity contribution in [2.75, 3.05) is 13.2 Å². The summed E-state index contributed by atoms with van der Waals surface area (Å²) >= 11 is 1.35. The summed E-state index contributed by atoms with van der Waals surface area (Å²) in [7, 11) is 0. The third kappa shape index (κ3) is 5.51. The van der Waals surface area contributed by atoms with Gasteiger partial charge in [-0.2, -0.15) is 0 Å². The Balaban J connectivity index is 2.34. The first-order chi connectivity index (χ1) is 13.2. The average molecular weight is 407 g/mol. The average Bonchev–Trinajstić information content (AvgIpc) is 2.89. The number of aliphatic imine (C=N–C) groups is 1. The molecule has 2 rings (SSSR count). The fourth-order valence-corrected chi connectivity index (χ4v) is 3.78. The molecule has 1 fully saturated rings. The second-order valence-electron chi connectivity index (χ2n) is 6.71. The Hall–Kier alpha value is -2.48. The fourth-order valence-electron chi connectivity index (χ4n) is 2.55. The SMILES string of the molecule is CCOc1cc(/C=C2/SC(=NC(C)C)N(C(C)C)C2=O)ccc1OCC(=O)O. The molecule has 28 heavy (non-hydrogen) atoms. The van der Waals surface area contributed by atoms with Gasteiger partial charge in [0, 0.05) is 12.1 Å². The number of amides is 1. The molecule has 0 radical (unpaired) electrons. The summed E-state index contributed by atoms with van der Waals surface area (Å²) in [4.78, 5) is 30.4. The molecule has 1 saturated heterocycles. The predicted octanol–water partition coefficient (Wildman–Crippen LogP) is 3.64. The van der Waals surface area contributed by atoms with Gasteiger partial charge in [-0.15, -0.1) is 0 Å². The van der Waals surface area contributed by atoms with E-state index in [-0.39, 0.29) is 18.0 Å². The van der Waals surface area contributed by atoms with Crippen molar-refractivity contribution in [2.24, 2.45) is 4.99 Å². The highest BCUT2D eigenvalue weighted by molar-refractivity contribution is 8.18. The van der Waals surface area contributed by atoms with Crippen LogP contribution < -0.4 is 9.47 Å². The maximum absolute atomic E-state index is 12.8. The molecule has 7 nitrogen and oxygen atoms in total. The summed E-state index contributed by atoms with van der Waals surface area (Å²) in [5, 5.41) is 9.50. The smallest absolute Gasteiger partial charge is 0.341 e. The molecule has 152 valence electrons. The van der Waals surface area contributed by atoms with E-state index in [0.29, 0.717) is 28.2 Å². The minimum atomic E-state index is -1.06. The minimum Gasteiger partial charge on any atom is -0.490 e. The van der Waals surface area contributed by atoms with Crippen molar-refractivity contribution in [3.8, 4) is 11.5 Å². The van der Waals surface area contributed by atoms with Crippen LogP contribution in [0.2, 0.25) is 0 Å². The molecule has 0 aromatic heterocycles. The molecule has 1 aromatic rings. The van der Waals surface area contributed by atoms with Crippen molar-refractivity contribution < 1.29 is 24.2 Å². The van der Waals surface area contributed by atoms with E-state index in [1.807, 2.05) is 34.6 Å². The number of ether oxygens (including phenoxy) is 2. The molecular weight excluding hydrogens is 380 g/mol. The van der Waals surface area contributed by atoms with Crippen LogP contribution >= 0.6 is 11.8 Å². The van der Waals surface area contributed by atoms with Crippen LogP contribution in [0.15, 0.2) is 28.1 Å². The summed E-state index contributed by atoms with van der Waals surface area (Å²) in [6.45, 7) is 9.65. The summed E-state index contributed by atoms with van der Waals surface area (Å²) < 4.78 is 10.8. The van der Waals surface area contributed by atoms with Crippen molar-refractivity contribution in [2.45, 2.75) is 46.7 Å². The molecule has 0 spiro atoms. The van der Waals surface area contributed by atoms with Gasteiger partial charge in [-0.3, -0.25) is 14.7 Å². The second-order valence-corrected chi connectivity index (χ2v) is 7.72. The van der Waals surface area contributed by atoms with Crippen LogP contribution in [0.1, 0.15) is 40.2 Å². The Morgan fingerprint density at radius 3 is 2.54 bits per heavy atom. The van der Waals surface area contributed by atoms with Gasteiger partial charge in [0.15, 0.2) is 23.3 Å². The Kier molecular flexibility index (Phi) is 7.51. The zero-order chi connectivity index (χ0) is 20.8. The van der Waals surface area contributed by atoms with Crippen LogP contribution in [-0.4, -0.2) is 52.3 Å². The lowest BCUT2D eigenvalue weighted by Crippen LogP contribution is -2.35. The van der Waals surface area contributed by atoms with Crippen molar-refractivity contribution in [1.29, 1.82) is 0 Å². The maximum atomic E-state index is 12.8. The number of hydrogen-bond donors (Lipinski definition) is 1. The molecule has 0 unspecified atom stereocenters. The lowest BCUT2D eigenvalue weighted by Gasteiger charge is -2.20. The van der Waals surface area contributed by atoms with Gasteiger partial charge in [0.05, 0.1) is 11.5 Å². The topological polar surface area (TPSA) is 88.4 Å². The monoisotopic (exact) mass is 406 g/mol. The van der Waals surface area contributed by atoms with Gasteiger partial charge in [-0.25, -0.2) is 4.79 Å². The van der Waals surface area contributed by atoms with Crippen molar-refractivity contribution in [3.05, 3.63) is 28.7 Å². The standard InChI is InChI=1S/C20H26N2O5S/c1-6-26-16-9-14(7-8-15(16)27-11-18(23)24)10-17-19(25)22(13(4)5)20(28-17)21-12(2)3/h7-10,12-13H,6,11H2,1-5H3,(H,23,24)/b17-10+,21-20?. The molecule has 8 heteroatoms. The van der Waals surface area contributed by atoms with Gasteiger partial charge in [0.25, 0.3) is 5.91 Å². The molecular formula is C20H26N2O5S. The van der Waals surface area contributed by atoms with Gasteiger partial charge >= 0.3 is 5.97 Å². The number of benzene rings is 1. The quantitative estimate of drug-likeness (QED) is 0.663. The van der Waals surface area contributed by atoms with Gasteiger partial charge in [-0.1, -0.05) is 6.07 Å². The molecule has 1 aliphatic heterocycles. The second kappa shape index (κ2) is 9.64. The van der Waals surface area contributed by atoms with E-state index in [0.717, 1.165) is 5.56 Å². The van der Waals surface area contributed by atoms with E-state index in [9.17, 15) is 9.59 Å². The summed E-state index contributed by atoms with van der Waals surface area (Å²) in [5.41, 5.74) is 0.761. The summed E-state index contributed by atoms with van der Waals surface area (Å²) in [5.74, 6) is -0.357. The van der Waals surface area contributed by atoms with Crippen LogP contribution in [-0.2, 0) is 9.59 Å². The molecule has 1 heterocycles. The number of nitrogens with zero attached hydrogens (tertiary/aromatic N) is 2. The van der Waals surface area contributed by atoms with Gasteiger partial charge in [0.1, 0.15) is 0 Å². The zero-order valence-electron chi connectivity index (χ0n) is 16.8. The van der Waals surface area contributed by atoms with E-state index in [2.05, 4.69) is 4.99 Å². The number of hydrogen-bond acceptors (Lipinski definition) is 6. The van der Waals surface area contributed by atoms with E-state index >= 15 is 0 Å². The first-order valence-corrected chi connectivity index (χ1v) is 9.96. The Morgan fingerprint density at radius 2 is 1.96 bits per heavy atom. The van der Waals surface area contributed by atoms with Crippen molar-refractivity contribution >= 4 is 34.9 Å². The highest BCUT2D eigenvalue weighted by atomic mass is 32.2. The van der Waals surface area contributed by atoms with Crippen molar-refractivity contribution in [3.63, 3.8) is 0 Å². The molecule has 0 saturated carbocycles. The molecule has 1 N–H and O–H groups in total. The van der Waals surface area contributed by atoms with E-state index in [4.69, 9.17) is 14.6 Å². The minimum absolute atomic E-state index is 0.00850. The lowest BCUT2D eigenvalue weighted by molar-refractivity contribution is -0.139. The number of carboxylic acid groups (broad SMARTS) is 1. The van der Waals surface area contributed by atoms with E-state index < -0.39 is 12.6 Å². The fraction of sp³-hybridized carbons (Fsp3) is 0.450. The summed E-state index contributed by atoms with van der Waals surface area (Å²) in [6, 6.07) is 5.24. The third-order valence-corrected chi connectivity index (χ3v) is 4.64. The molecule has 1 aromatic carbocycles. The number of carboxylic acids is 1.